The van der Waals surface area contributed by atoms with Crippen molar-refractivity contribution in [2.75, 3.05) is 13.2 Å². The molecule has 0 aliphatic rings. The van der Waals surface area contributed by atoms with Crippen LogP contribution < -0.4 is 4.74 Å². The quantitative estimate of drug-likeness (QED) is 0.771. The van der Waals surface area contributed by atoms with Gasteiger partial charge >= 0.3 is 12.1 Å². The van der Waals surface area contributed by atoms with Gasteiger partial charge in [-0.2, -0.15) is 23.5 Å². The molecule has 0 aliphatic carbocycles. The monoisotopic (exact) mass is 353 g/mol. The summed E-state index contributed by atoms with van der Waals surface area (Å²) in [4.78, 5) is 11.8. The number of hydrogen-bond acceptors (Lipinski definition) is 5. The van der Waals surface area contributed by atoms with Crippen molar-refractivity contribution in [3.63, 3.8) is 0 Å². The second-order valence-corrected chi connectivity index (χ2v) is 4.78. The van der Waals surface area contributed by atoms with Crippen LogP contribution in [-0.4, -0.2) is 29.0 Å². The molecule has 0 spiro atoms. The van der Waals surface area contributed by atoms with Crippen molar-refractivity contribution >= 4 is 5.97 Å². The van der Waals surface area contributed by atoms with E-state index in [0.717, 1.165) is 10.9 Å². The molecule has 0 aliphatic heterocycles. The van der Waals surface area contributed by atoms with E-state index in [1.54, 1.807) is 6.92 Å². The molecule has 0 fully saturated rings. The third-order valence-electron chi connectivity index (χ3n) is 3.13. The number of aromatic nitrogens is 2. The van der Waals surface area contributed by atoms with Gasteiger partial charge in [-0.15, -0.1) is 0 Å². The van der Waals surface area contributed by atoms with Crippen LogP contribution in [0.1, 0.15) is 35.5 Å². The Labute approximate surface area is 141 Å². The molecule has 132 valence electrons. The van der Waals surface area contributed by atoms with E-state index in [-0.39, 0.29) is 17.9 Å². The number of benzene rings is 1. The maximum Gasteiger partial charge on any atom is 0.436 e. The van der Waals surface area contributed by atoms with Crippen molar-refractivity contribution < 1.29 is 27.4 Å². The van der Waals surface area contributed by atoms with Crippen LogP contribution in [0.2, 0.25) is 0 Å². The first-order valence-corrected chi connectivity index (χ1v) is 7.33. The van der Waals surface area contributed by atoms with Crippen LogP contribution in [0, 0.1) is 11.3 Å². The van der Waals surface area contributed by atoms with Gasteiger partial charge in [-0.05, 0) is 32.0 Å². The van der Waals surface area contributed by atoms with Crippen LogP contribution in [0.4, 0.5) is 13.2 Å². The van der Waals surface area contributed by atoms with Crippen LogP contribution in [0.25, 0.3) is 5.69 Å². The van der Waals surface area contributed by atoms with E-state index in [0.29, 0.717) is 12.4 Å². The normalized spacial score (nSPS) is 11.0. The maximum atomic E-state index is 13.1. The number of carbonyl (C=O) groups is 1. The second-order valence-electron chi connectivity index (χ2n) is 4.78. The fourth-order valence-electron chi connectivity index (χ4n) is 2.10. The average Bonchev–Trinajstić information content (AvgIpc) is 3.01. The minimum atomic E-state index is -4.82. The largest absolute Gasteiger partial charge is 0.492 e. The minimum absolute atomic E-state index is 0.0665. The molecule has 1 aromatic heterocycles. The van der Waals surface area contributed by atoms with E-state index in [9.17, 15) is 18.0 Å². The van der Waals surface area contributed by atoms with Gasteiger partial charge in [-0.25, -0.2) is 9.48 Å². The number of rotatable bonds is 5. The fraction of sp³-hybridized carbons (Fsp3) is 0.312. The van der Waals surface area contributed by atoms with Gasteiger partial charge in [0.1, 0.15) is 17.4 Å². The molecule has 0 unspecified atom stereocenters. The Balaban J connectivity index is 2.53. The SMILES string of the molecule is CCOC(=O)c1cn(-c2ccc(OCC)c(C#N)c2)nc1C(F)(F)F. The summed E-state index contributed by atoms with van der Waals surface area (Å²) in [6.07, 6.45) is -3.89. The lowest BCUT2D eigenvalue weighted by molar-refractivity contribution is -0.141. The lowest BCUT2D eigenvalue weighted by atomic mass is 10.2. The van der Waals surface area contributed by atoms with E-state index in [1.165, 1.54) is 25.1 Å². The number of esters is 1. The zero-order chi connectivity index (χ0) is 18.6. The van der Waals surface area contributed by atoms with Crippen LogP contribution in [-0.2, 0) is 10.9 Å². The summed E-state index contributed by atoms with van der Waals surface area (Å²) in [6.45, 7) is 3.50. The Bertz CT molecular complexity index is 822. The Hall–Kier alpha value is -3.02. The molecular formula is C16H14F3N3O3. The summed E-state index contributed by atoms with van der Waals surface area (Å²) >= 11 is 0. The van der Waals surface area contributed by atoms with Gasteiger partial charge in [0, 0.05) is 6.20 Å². The molecule has 0 N–H and O–H groups in total. The highest BCUT2D eigenvalue weighted by molar-refractivity contribution is 5.90. The molecule has 25 heavy (non-hydrogen) atoms. The highest BCUT2D eigenvalue weighted by atomic mass is 19.4. The molecular weight excluding hydrogens is 339 g/mol. The number of carbonyl (C=O) groups excluding carboxylic acids is 1. The Morgan fingerprint density at radius 2 is 2.04 bits per heavy atom. The van der Waals surface area contributed by atoms with Gasteiger partial charge in [0.05, 0.1) is 24.5 Å². The number of alkyl halides is 3. The van der Waals surface area contributed by atoms with Crippen molar-refractivity contribution in [2.45, 2.75) is 20.0 Å². The first kappa shape index (κ1) is 18.3. The molecule has 9 heteroatoms. The third-order valence-corrected chi connectivity index (χ3v) is 3.13. The third kappa shape index (κ3) is 3.91. The average molecular weight is 353 g/mol. The van der Waals surface area contributed by atoms with Crippen molar-refractivity contribution in [3.05, 3.63) is 41.2 Å². The maximum absolute atomic E-state index is 13.1. The smallest absolute Gasteiger partial charge is 0.436 e. The zero-order valence-corrected chi connectivity index (χ0v) is 13.4. The summed E-state index contributed by atoms with van der Waals surface area (Å²) in [6, 6.07) is 6.12. The van der Waals surface area contributed by atoms with Crippen molar-refractivity contribution in [1.29, 1.82) is 5.26 Å². The number of halogens is 3. The number of nitrogens with zero attached hydrogens (tertiary/aromatic N) is 3. The van der Waals surface area contributed by atoms with Gasteiger partial charge in [-0.1, -0.05) is 0 Å². The Morgan fingerprint density at radius 1 is 1.32 bits per heavy atom. The van der Waals surface area contributed by atoms with Crippen molar-refractivity contribution in [2.24, 2.45) is 0 Å². The van der Waals surface area contributed by atoms with Gasteiger partial charge in [0.2, 0.25) is 0 Å². The second kappa shape index (κ2) is 7.25. The summed E-state index contributed by atoms with van der Waals surface area (Å²) in [7, 11) is 0. The predicted molar refractivity (Wildman–Crippen MR) is 80.4 cm³/mol. The lowest BCUT2D eigenvalue weighted by Crippen LogP contribution is -2.14. The van der Waals surface area contributed by atoms with Crippen LogP contribution in [0.3, 0.4) is 0 Å². The van der Waals surface area contributed by atoms with E-state index in [2.05, 4.69) is 9.84 Å². The van der Waals surface area contributed by atoms with Crippen molar-refractivity contribution in [1.82, 2.24) is 9.78 Å². The van der Waals surface area contributed by atoms with Gasteiger partial charge < -0.3 is 9.47 Å². The minimum Gasteiger partial charge on any atom is -0.492 e. The molecule has 1 heterocycles. The number of nitriles is 1. The first-order chi connectivity index (χ1) is 11.8. The molecule has 0 saturated carbocycles. The molecule has 0 radical (unpaired) electrons. The first-order valence-electron chi connectivity index (χ1n) is 7.33. The van der Waals surface area contributed by atoms with Crippen LogP contribution >= 0.6 is 0 Å². The summed E-state index contributed by atoms with van der Waals surface area (Å²) in [5, 5.41) is 12.6. The summed E-state index contributed by atoms with van der Waals surface area (Å²) in [5.41, 5.74) is -1.72. The molecule has 0 bridgehead atoms. The van der Waals surface area contributed by atoms with Crippen LogP contribution in [0.5, 0.6) is 5.75 Å². The summed E-state index contributed by atoms with van der Waals surface area (Å²) in [5.74, 6) is -0.810. The van der Waals surface area contributed by atoms with E-state index >= 15 is 0 Å². The molecule has 0 amide bonds. The molecule has 2 aromatic rings. The fourth-order valence-corrected chi connectivity index (χ4v) is 2.10. The molecule has 0 atom stereocenters. The topological polar surface area (TPSA) is 77.1 Å². The Kier molecular flexibility index (Phi) is 5.32. The zero-order valence-electron chi connectivity index (χ0n) is 13.4. The van der Waals surface area contributed by atoms with Gasteiger partial charge in [-0.3, -0.25) is 0 Å². The van der Waals surface area contributed by atoms with E-state index in [1.807, 2.05) is 6.07 Å². The van der Waals surface area contributed by atoms with Crippen molar-refractivity contribution in [3.8, 4) is 17.5 Å². The van der Waals surface area contributed by atoms with Crippen LogP contribution in [0.15, 0.2) is 24.4 Å². The molecule has 2 rings (SSSR count). The predicted octanol–water partition coefficient (Wildman–Crippen LogP) is 3.34. The number of ether oxygens (including phenoxy) is 2. The van der Waals surface area contributed by atoms with Gasteiger partial charge in [0.25, 0.3) is 0 Å². The molecule has 0 saturated heterocycles. The standard InChI is InChI=1S/C16H14F3N3O3/c1-3-24-13-6-5-11(7-10(13)8-20)22-9-12(15(23)25-4-2)14(21-22)16(17,18)19/h5-7,9H,3-4H2,1-2H3. The Morgan fingerprint density at radius 3 is 2.60 bits per heavy atom. The molecule has 1 aromatic carbocycles. The highest BCUT2D eigenvalue weighted by Crippen LogP contribution is 2.32. The van der Waals surface area contributed by atoms with Gasteiger partial charge in [0.15, 0.2) is 5.69 Å². The number of hydrogen-bond donors (Lipinski definition) is 0. The highest BCUT2D eigenvalue weighted by Gasteiger charge is 2.40. The van der Waals surface area contributed by atoms with E-state index in [4.69, 9.17) is 10.00 Å². The summed E-state index contributed by atoms with van der Waals surface area (Å²) < 4.78 is 50.2. The van der Waals surface area contributed by atoms with E-state index < -0.39 is 23.4 Å². The molecule has 6 nitrogen and oxygen atoms in total. The lowest BCUT2D eigenvalue weighted by Gasteiger charge is -2.07.